The van der Waals surface area contributed by atoms with Crippen molar-refractivity contribution in [1.82, 2.24) is 5.32 Å². The molecular formula is C14H18N2O3. The predicted molar refractivity (Wildman–Crippen MR) is 70.3 cm³/mol. The highest BCUT2D eigenvalue weighted by atomic mass is 16.6. The van der Waals surface area contributed by atoms with Gasteiger partial charge < -0.3 is 20.5 Å². The van der Waals surface area contributed by atoms with Crippen LogP contribution in [0.15, 0.2) is 18.2 Å². The smallest absolute Gasteiger partial charge is 0.222 e. The monoisotopic (exact) mass is 262 g/mol. The molecule has 0 aromatic heterocycles. The Morgan fingerprint density at radius 2 is 2.11 bits per heavy atom. The van der Waals surface area contributed by atoms with E-state index in [0.29, 0.717) is 19.8 Å². The van der Waals surface area contributed by atoms with E-state index >= 15 is 0 Å². The number of hydrogen-bond acceptors (Lipinski definition) is 4. The third-order valence-corrected chi connectivity index (χ3v) is 4.15. The van der Waals surface area contributed by atoms with Crippen LogP contribution in [0, 0.1) is 5.92 Å². The Morgan fingerprint density at radius 3 is 2.84 bits per heavy atom. The number of fused-ring (bicyclic) bond motifs is 1. The Hall–Kier alpha value is -1.75. The summed E-state index contributed by atoms with van der Waals surface area (Å²) >= 11 is 0. The molecule has 1 amide bonds. The van der Waals surface area contributed by atoms with E-state index in [0.717, 1.165) is 23.6 Å². The minimum Gasteiger partial charge on any atom is -0.486 e. The van der Waals surface area contributed by atoms with Gasteiger partial charge in [0.05, 0.1) is 5.92 Å². The highest BCUT2D eigenvalue weighted by Crippen LogP contribution is 2.40. The van der Waals surface area contributed by atoms with E-state index in [-0.39, 0.29) is 17.2 Å². The van der Waals surface area contributed by atoms with Crippen molar-refractivity contribution in [2.75, 3.05) is 26.3 Å². The van der Waals surface area contributed by atoms with Gasteiger partial charge in [0, 0.05) is 18.5 Å². The van der Waals surface area contributed by atoms with E-state index in [4.69, 9.17) is 15.2 Å². The number of carbonyl (C=O) groups excluding carboxylic acids is 1. The molecule has 2 atom stereocenters. The van der Waals surface area contributed by atoms with Crippen molar-refractivity contribution in [3.8, 4) is 11.5 Å². The lowest BCUT2D eigenvalue weighted by molar-refractivity contribution is -0.122. The summed E-state index contributed by atoms with van der Waals surface area (Å²) < 4.78 is 11.1. The molecule has 2 aliphatic rings. The molecule has 1 aromatic carbocycles. The highest BCUT2D eigenvalue weighted by Gasteiger charge is 2.43. The van der Waals surface area contributed by atoms with Crippen LogP contribution in [0.25, 0.3) is 0 Å². The van der Waals surface area contributed by atoms with Gasteiger partial charge in [0.1, 0.15) is 13.2 Å². The molecule has 5 heteroatoms. The number of primary amides is 1. The van der Waals surface area contributed by atoms with Crippen LogP contribution >= 0.6 is 0 Å². The van der Waals surface area contributed by atoms with Gasteiger partial charge in [0.2, 0.25) is 5.91 Å². The van der Waals surface area contributed by atoms with Crippen molar-refractivity contribution in [2.24, 2.45) is 11.7 Å². The number of rotatable bonds is 2. The third kappa shape index (κ3) is 1.94. The van der Waals surface area contributed by atoms with E-state index in [2.05, 4.69) is 12.2 Å². The topological polar surface area (TPSA) is 73.6 Å². The fraction of sp³-hybridized carbons (Fsp3) is 0.500. The van der Waals surface area contributed by atoms with Crippen molar-refractivity contribution in [2.45, 2.75) is 12.3 Å². The number of carbonyl (C=O) groups is 1. The number of hydrogen-bond donors (Lipinski definition) is 2. The fourth-order valence-corrected chi connectivity index (χ4v) is 2.94. The predicted octanol–water partition coefficient (Wildman–Crippen LogP) is 0.420. The van der Waals surface area contributed by atoms with Crippen LogP contribution in [0.5, 0.6) is 11.5 Å². The molecule has 0 bridgehead atoms. The van der Waals surface area contributed by atoms with Crippen LogP contribution in [0.2, 0.25) is 0 Å². The van der Waals surface area contributed by atoms with Gasteiger partial charge in [0.15, 0.2) is 11.5 Å². The van der Waals surface area contributed by atoms with Crippen molar-refractivity contribution in [3.05, 3.63) is 23.8 Å². The molecule has 0 aliphatic carbocycles. The average Bonchev–Trinajstić information content (AvgIpc) is 2.82. The molecule has 0 saturated carbocycles. The molecule has 102 valence electrons. The molecule has 3 N–H and O–H groups in total. The first-order valence-electron chi connectivity index (χ1n) is 6.51. The van der Waals surface area contributed by atoms with Crippen LogP contribution in [0.4, 0.5) is 0 Å². The van der Waals surface area contributed by atoms with Crippen LogP contribution in [-0.4, -0.2) is 32.2 Å². The maximum absolute atomic E-state index is 11.6. The first-order valence-corrected chi connectivity index (χ1v) is 6.51. The molecule has 3 rings (SSSR count). The van der Waals surface area contributed by atoms with Gasteiger partial charge in [0.25, 0.3) is 0 Å². The van der Waals surface area contributed by atoms with Gasteiger partial charge in [-0.25, -0.2) is 0 Å². The van der Waals surface area contributed by atoms with Crippen molar-refractivity contribution >= 4 is 5.91 Å². The van der Waals surface area contributed by atoms with Gasteiger partial charge >= 0.3 is 0 Å². The normalized spacial score (nSPS) is 29.2. The molecule has 0 radical (unpaired) electrons. The summed E-state index contributed by atoms with van der Waals surface area (Å²) in [6.45, 7) is 4.56. The molecule has 19 heavy (non-hydrogen) atoms. The zero-order chi connectivity index (χ0) is 13.5. The molecule has 1 fully saturated rings. The minimum atomic E-state index is -0.290. The van der Waals surface area contributed by atoms with Gasteiger partial charge in [-0.2, -0.15) is 0 Å². The molecular weight excluding hydrogens is 244 g/mol. The summed E-state index contributed by atoms with van der Waals surface area (Å²) in [5.74, 6) is 1.05. The Balaban J connectivity index is 1.99. The summed E-state index contributed by atoms with van der Waals surface area (Å²) in [5, 5.41) is 3.25. The zero-order valence-electron chi connectivity index (χ0n) is 10.9. The summed E-state index contributed by atoms with van der Waals surface area (Å²) in [4.78, 5) is 11.6. The second-order valence-corrected chi connectivity index (χ2v) is 5.36. The molecule has 1 saturated heterocycles. The fourth-order valence-electron chi connectivity index (χ4n) is 2.94. The molecule has 1 aromatic rings. The van der Waals surface area contributed by atoms with E-state index in [9.17, 15) is 4.79 Å². The second-order valence-electron chi connectivity index (χ2n) is 5.36. The van der Waals surface area contributed by atoms with E-state index in [1.807, 2.05) is 18.2 Å². The van der Waals surface area contributed by atoms with Gasteiger partial charge in [-0.1, -0.05) is 13.0 Å². The molecule has 0 spiro atoms. The number of nitrogens with one attached hydrogen (secondary N) is 1. The third-order valence-electron chi connectivity index (χ3n) is 4.15. The number of amides is 1. The van der Waals surface area contributed by atoms with Gasteiger partial charge in [-0.05, 0) is 17.7 Å². The van der Waals surface area contributed by atoms with Crippen molar-refractivity contribution in [3.63, 3.8) is 0 Å². The van der Waals surface area contributed by atoms with Crippen LogP contribution in [0.3, 0.4) is 0 Å². The summed E-state index contributed by atoms with van der Waals surface area (Å²) in [5.41, 5.74) is 6.28. The van der Waals surface area contributed by atoms with Gasteiger partial charge in [-0.3, -0.25) is 4.79 Å². The Kier molecular flexibility index (Phi) is 2.86. The average molecular weight is 262 g/mol. The lowest BCUT2D eigenvalue weighted by Gasteiger charge is -2.30. The Bertz CT molecular complexity index is 517. The van der Waals surface area contributed by atoms with E-state index < -0.39 is 0 Å². The second kappa shape index (κ2) is 4.42. The quantitative estimate of drug-likeness (QED) is 0.810. The van der Waals surface area contributed by atoms with Gasteiger partial charge in [-0.15, -0.1) is 0 Å². The maximum atomic E-state index is 11.6. The van der Waals surface area contributed by atoms with Crippen LogP contribution < -0.4 is 20.5 Å². The van der Waals surface area contributed by atoms with Crippen LogP contribution in [-0.2, 0) is 10.2 Å². The molecule has 2 heterocycles. The molecule has 2 unspecified atom stereocenters. The number of ether oxygens (including phenoxy) is 2. The molecule has 2 aliphatic heterocycles. The lowest BCUT2D eigenvalue weighted by atomic mass is 9.74. The summed E-state index contributed by atoms with van der Waals surface area (Å²) in [7, 11) is 0. The largest absolute Gasteiger partial charge is 0.486 e. The van der Waals surface area contributed by atoms with E-state index in [1.54, 1.807) is 0 Å². The number of nitrogens with two attached hydrogens (primary N) is 1. The summed E-state index contributed by atoms with van der Waals surface area (Å²) in [6, 6.07) is 5.87. The minimum absolute atomic E-state index is 0.199. The molecule has 5 nitrogen and oxygen atoms in total. The first kappa shape index (κ1) is 12.3. The van der Waals surface area contributed by atoms with Crippen molar-refractivity contribution in [1.29, 1.82) is 0 Å². The van der Waals surface area contributed by atoms with Crippen LogP contribution in [0.1, 0.15) is 12.5 Å². The Labute approximate surface area is 112 Å². The maximum Gasteiger partial charge on any atom is 0.222 e. The Morgan fingerprint density at radius 1 is 1.37 bits per heavy atom. The van der Waals surface area contributed by atoms with Crippen molar-refractivity contribution < 1.29 is 14.3 Å². The summed E-state index contributed by atoms with van der Waals surface area (Å²) in [6.07, 6.45) is 0. The number of benzene rings is 1. The standard InChI is InChI=1S/C14H18N2O3/c1-14(8-16-7-10(14)13(15)17)9-2-3-11-12(6-9)19-5-4-18-11/h2-3,6,10,16H,4-5,7-8H2,1H3,(H2,15,17). The zero-order valence-corrected chi connectivity index (χ0v) is 10.9. The first-order chi connectivity index (χ1) is 9.11. The van der Waals surface area contributed by atoms with E-state index in [1.165, 1.54) is 0 Å². The lowest BCUT2D eigenvalue weighted by Crippen LogP contribution is -2.39. The highest BCUT2D eigenvalue weighted by molar-refractivity contribution is 5.79. The SMILES string of the molecule is CC1(c2ccc3c(c2)OCCO3)CNCC1C(N)=O.